The zero-order valence-electron chi connectivity index (χ0n) is 17.0. The van der Waals surface area contributed by atoms with Gasteiger partial charge in [0.15, 0.2) is 11.5 Å². The van der Waals surface area contributed by atoms with Crippen LogP contribution in [-0.4, -0.2) is 45.8 Å². The molecule has 3 rings (SSSR count). The average molecular weight is 415 g/mol. The number of nitrogens with zero attached hydrogens (tertiary/aromatic N) is 3. The lowest BCUT2D eigenvalue weighted by Crippen LogP contribution is -2.21. The Morgan fingerprint density at radius 2 is 1.93 bits per heavy atom. The van der Waals surface area contributed by atoms with Crippen molar-refractivity contribution < 1.29 is 19.0 Å². The minimum atomic E-state index is -0.353. The van der Waals surface area contributed by atoms with E-state index >= 15 is 0 Å². The molecule has 0 radical (unpaired) electrons. The van der Waals surface area contributed by atoms with Crippen LogP contribution in [0, 0.1) is 0 Å². The quantitative estimate of drug-likeness (QED) is 0.377. The van der Waals surface area contributed by atoms with Crippen molar-refractivity contribution in [3.05, 3.63) is 40.3 Å². The third-order valence-electron chi connectivity index (χ3n) is 4.44. The molecule has 0 atom stereocenters. The first-order valence-electron chi connectivity index (χ1n) is 9.69. The highest BCUT2D eigenvalue weighted by Gasteiger charge is 2.14. The Balaban J connectivity index is 1.67. The first-order valence-corrected chi connectivity index (χ1v) is 9.69. The highest BCUT2D eigenvalue weighted by atomic mass is 16.5. The van der Waals surface area contributed by atoms with Crippen molar-refractivity contribution in [2.24, 2.45) is 0 Å². The van der Waals surface area contributed by atoms with E-state index in [1.165, 1.54) is 11.7 Å². The standard InChI is InChI=1S/C20H25N5O5/c1-3-4-10-30-19-23-17(21)16-18(24-19)25(20(27)22-16)9-11-29-14-7-5-13(6-8-14)12-15(26)28-2/h5-8H,3-4,9-12H2,1-2H3,(H,22,27)(H2,21,23,24). The summed E-state index contributed by atoms with van der Waals surface area (Å²) in [6, 6.07) is 7.24. The largest absolute Gasteiger partial charge is 0.492 e. The highest BCUT2D eigenvalue weighted by molar-refractivity contribution is 5.81. The Kier molecular flexibility index (Phi) is 6.89. The number of imidazole rings is 1. The minimum Gasteiger partial charge on any atom is -0.492 e. The molecule has 3 aromatic rings. The number of fused-ring (bicyclic) bond motifs is 1. The van der Waals surface area contributed by atoms with Gasteiger partial charge in [0.25, 0.3) is 0 Å². The lowest BCUT2D eigenvalue weighted by atomic mass is 10.1. The number of benzene rings is 1. The van der Waals surface area contributed by atoms with Gasteiger partial charge < -0.3 is 24.9 Å². The number of anilines is 1. The molecule has 0 saturated heterocycles. The number of carbonyl (C=O) groups is 1. The average Bonchev–Trinajstić information content (AvgIpc) is 3.05. The minimum absolute atomic E-state index is 0.142. The first kappa shape index (κ1) is 21.2. The summed E-state index contributed by atoms with van der Waals surface area (Å²) in [5.74, 6) is 0.473. The third-order valence-corrected chi connectivity index (χ3v) is 4.44. The molecule has 0 aliphatic rings. The van der Waals surface area contributed by atoms with Gasteiger partial charge in [-0.3, -0.25) is 9.36 Å². The smallest absolute Gasteiger partial charge is 0.327 e. The second-order valence-electron chi connectivity index (χ2n) is 6.62. The third kappa shape index (κ3) is 5.07. The Bertz CT molecular complexity index is 1060. The molecule has 30 heavy (non-hydrogen) atoms. The fourth-order valence-corrected chi connectivity index (χ4v) is 2.81. The molecule has 2 aromatic heterocycles. The van der Waals surface area contributed by atoms with Gasteiger partial charge in [-0.1, -0.05) is 25.5 Å². The molecule has 0 amide bonds. The zero-order chi connectivity index (χ0) is 21.5. The van der Waals surface area contributed by atoms with Crippen LogP contribution in [-0.2, 0) is 22.5 Å². The summed E-state index contributed by atoms with van der Waals surface area (Å²) in [5, 5.41) is 0. The van der Waals surface area contributed by atoms with Gasteiger partial charge in [0.05, 0.1) is 26.7 Å². The number of carbonyl (C=O) groups excluding carboxylic acids is 1. The van der Waals surface area contributed by atoms with Crippen LogP contribution in [0.15, 0.2) is 29.1 Å². The van der Waals surface area contributed by atoms with Crippen molar-refractivity contribution >= 4 is 23.0 Å². The fraction of sp³-hybridized carbons (Fsp3) is 0.400. The number of H-pyrrole nitrogens is 1. The molecule has 0 saturated carbocycles. The number of methoxy groups -OCH3 is 1. The highest BCUT2D eigenvalue weighted by Crippen LogP contribution is 2.18. The molecule has 0 spiro atoms. The van der Waals surface area contributed by atoms with Crippen molar-refractivity contribution in [1.82, 2.24) is 19.5 Å². The van der Waals surface area contributed by atoms with E-state index in [1.54, 1.807) is 24.3 Å². The van der Waals surface area contributed by atoms with Crippen LogP contribution >= 0.6 is 0 Å². The summed E-state index contributed by atoms with van der Waals surface area (Å²) in [6.07, 6.45) is 2.05. The van der Waals surface area contributed by atoms with Crippen molar-refractivity contribution in [1.29, 1.82) is 0 Å². The normalized spacial score (nSPS) is 10.9. The number of rotatable bonds is 10. The summed E-state index contributed by atoms with van der Waals surface area (Å²) in [5.41, 5.74) is 7.16. The fourth-order valence-electron chi connectivity index (χ4n) is 2.81. The second-order valence-corrected chi connectivity index (χ2v) is 6.62. The summed E-state index contributed by atoms with van der Waals surface area (Å²) < 4.78 is 17.3. The lowest BCUT2D eigenvalue weighted by Gasteiger charge is -2.09. The molecule has 0 fully saturated rings. The summed E-state index contributed by atoms with van der Waals surface area (Å²) in [6.45, 7) is 3.02. The van der Waals surface area contributed by atoms with E-state index in [0.29, 0.717) is 23.5 Å². The van der Waals surface area contributed by atoms with Crippen molar-refractivity contribution in [3.63, 3.8) is 0 Å². The maximum atomic E-state index is 12.3. The van der Waals surface area contributed by atoms with Crippen molar-refractivity contribution in [2.75, 3.05) is 26.1 Å². The van der Waals surface area contributed by atoms with Gasteiger partial charge in [-0.05, 0) is 24.1 Å². The number of nitrogens with two attached hydrogens (primary N) is 1. The molecule has 10 nitrogen and oxygen atoms in total. The molecule has 0 aliphatic carbocycles. The topological polar surface area (TPSA) is 134 Å². The maximum Gasteiger partial charge on any atom is 0.327 e. The van der Waals surface area contributed by atoms with Crippen molar-refractivity contribution in [2.45, 2.75) is 32.7 Å². The number of nitrogen functional groups attached to an aromatic ring is 1. The van der Waals surface area contributed by atoms with Gasteiger partial charge in [0.2, 0.25) is 0 Å². The number of aromatic amines is 1. The number of aromatic nitrogens is 4. The number of hydrogen-bond donors (Lipinski definition) is 2. The van der Waals surface area contributed by atoms with E-state index in [1.807, 2.05) is 0 Å². The summed E-state index contributed by atoms with van der Waals surface area (Å²) in [4.78, 5) is 34.7. The Morgan fingerprint density at radius 3 is 2.63 bits per heavy atom. The lowest BCUT2D eigenvalue weighted by molar-refractivity contribution is -0.139. The van der Waals surface area contributed by atoms with Crippen LogP contribution in [0.1, 0.15) is 25.3 Å². The Hall–Kier alpha value is -3.56. The SMILES string of the molecule is CCCCOc1nc(N)c2[nH]c(=O)n(CCOc3ccc(CC(=O)OC)cc3)c2n1. The Morgan fingerprint density at radius 1 is 1.17 bits per heavy atom. The molecule has 3 N–H and O–H groups in total. The van der Waals surface area contributed by atoms with E-state index in [2.05, 4.69) is 26.6 Å². The zero-order valence-corrected chi connectivity index (χ0v) is 17.0. The summed E-state index contributed by atoms with van der Waals surface area (Å²) >= 11 is 0. The molecular formula is C20H25N5O5. The number of unbranched alkanes of at least 4 members (excludes halogenated alkanes) is 1. The number of esters is 1. The number of ether oxygens (including phenoxy) is 3. The number of hydrogen-bond acceptors (Lipinski definition) is 8. The predicted molar refractivity (Wildman–Crippen MR) is 111 cm³/mol. The molecule has 0 unspecified atom stereocenters. The van der Waals surface area contributed by atoms with E-state index in [0.717, 1.165) is 18.4 Å². The monoisotopic (exact) mass is 415 g/mol. The Labute approximate surface area is 173 Å². The molecule has 2 heterocycles. The van der Waals surface area contributed by atoms with E-state index in [9.17, 15) is 9.59 Å². The van der Waals surface area contributed by atoms with Crippen molar-refractivity contribution in [3.8, 4) is 11.8 Å². The van der Waals surface area contributed by atoms with E-state index < -0.39 is 0 Å². The van der Waals surface area contributed by atoms with Crippen LogP contribution in [0.5, 0.6) is 11.8 Å². The van der Waals surface area contributed by atoms with Crippen LogP contribution in [0.2, 0.25) is 0 Å². The predicted octanol–water partition coefficient (Wildman–Crippen LogP) is 1.68. The van der Waals surface area contributed by atoms with E-state index in [-0.39, 0.29) is 43.1 Å². The van der Waals surface area contributed by atoms with Gasteiger partial charge in [-0.2, -0.15) is 9.97 Å². The number of nitrogens with one attached hydrogen (secondary N) is 1. The van der Waals surface area contributed by atoms with Gasteiger partial charge in [0.1, 0.15) is 17.9 Å². The molecular weight excluding hydrogens is 390 g/mol. The van der Waals surface area contributed by atoms with Crippen LogP contribution in [0.4, 0.5) is 5.82 Å². The molecule has 0 bridgehead atoms. The molecule has 10 heteroatoms. The molecule has 160 valence electrons. The van der Waals surface area contributed by atoms with Crippen LogP contribution < -0.4 is 20.9 Å². The van der Waals surface area contributed by atoms with Gasteiger partial charge in [0, 0.05) is 0 Å². The van der Waals surface area contributed by atoms with E-state index in [4.69, 9.17) is 15.2 Å². The van der Waals surface area contributed by atoms with Gasteiger partial charge >= 0.3 is 17.7 Å². The first-order chi connectivity index (χ1) is 14.5. The van der Waals surface area contributed by atoms with Crippen LogP contribution in [0.25, 0.3) is 11.2 Å². The molecule has 1 aromatic carbocycles. The maximum absolute atomic E-state index is 12.3. The second kappa shape index (κ2) is 9.77. The van der Waals surface area contributed by atoms with Gasteiger partial charge in [-0.15, -0.1) is 0 Å². The molecule has 0 aliphatic heterocycles. The van der Waals surface area contributed by atoms with Gasteiger partial charge in [-0.25, -0.2) is 4.79 Å². The summed E-state index contributed by atoms with van der Waals surface area (Å²) in [7, 11) is 1.35. The van der Waals surface area contributed by atoms with Crippen LogP contribution in [0.3, 0.4) is 0 Å².